The lowest BCUT2D eigenvalue weighted by Crippen LogP contribution is -2.31. The second-order valence-electron chi connectivity index (χ2n) is 4.87. The van der Waals surface area contributed by atoms with E-state index in [0.29, 0.717) is 19.1 Å². The number of rotatable bonds is 5. The number of para-hydroxylation sites is 1. The summed E-state index contributed by atoms with van der Waals surface area (Å²) in [6.07, 6.45) is 1.75. The topological polar surface area (TPSA) is 87.7 Å². The van der Waals surface area contributed by atoms with E-state index < -0.39 is 17.8 Å². The van der Waals surface area contributed by atoms with Gasteiger partial charge in [-0.05, 0) is 30.9 Å². The molecule has 1 heterocycles. The number of hydrogen-bond donors (Lipinski definition) is 3. The number of hydrogen-bond acceptors (Lipinski definition) is 3. The van der Waals surface area contributed by atoms with Crippen LogP contribution >= 0.6 is 0 Å². The fourth-order valence-corrected chi connectivity index (χ4v) is 2.19. The van der Waals surface area contributed by atoms with Crippen molar-refractivity contribution in [2.24, 2.45) is 5.92 Å². The van der Waals surface area contributed by atoms with Crippen molar-refractivity contribution in [3.63, 3.8) is 0 Å². The van der Waals surface area contributed by atoms with E-state index in [1.165, 1.54) is 12.1 Å². The molecule has 7 heteroatoms. The van der Waals surface area contributed by atoms with Gasteiger partial charge in [0.25, 0.3) is 0 Å². The molecular formula is C14H17FN2O4. The minimum absolute atomic E-state index is 0.283. The molecular weight excluding hydrogens is 279 g/mol. The van der Waals surface area contributed by atoms with Gasteiger partial charge in [-0.25, -0.2) is 14.0 Å². The normalized spacial score (nSPS) is 17.5. The van der Waals surface area contributed by atoms with E-state index in [9.17, 15) is 14.0 Å². The van der Waals surface area contributed by atoms with Crippen molar-refractivity contribution in [1.29, 1.82) is 0 Å². The predicted molar refractivity (Wildman–Crippen MR) is 73.9 cm³/mol. The van der Waals surface area contributed by atoms with Crippen LogP contribution in [-0.2, 0) is 4.74 Å². The standard InChI is InChI=1S/C14H17FN2O4/c15-11-3-1-2-10(13(18)19)12(11)17-14(20)16-6-4-9-5-7-21-8-9/h1-3,9H,4-8H2,(H,18,19)(H2,16,17,20). The first-order valence-electron chi connectivity index (χ1n) is 6.72. The molecule has 21 heavy (non-hydrogen) atoms. The summed E-state index contributed by atoms with van der Waals surface area (Å²) in [6.45, 7) is 1.87. The van der Waals surface area contributed by atoms with Gasteiger partial charge in [-0.2, -0.15) is 0 Å². The van der Waals surface area contributed by atoms with Gasteiger partial charge < -0.3 is 20.5 Å². The number of carbonyl (C=O) groups is 2. The molecule has 1 aromatic rings. The lowest BCUT2D eigenvalue weighted by Gasteiger charge is -2.12. The fourth-order valence-electron chi connectivity index (χ4n) is 2.19. The highest BCUT2D eigenvalue weighted by Crippen LogP contribution is 2.20. The molecule has 0 bridgehead atoms. The Morgan fingerprint density at radius 3 is 2.90 bits per heavy atom. The van der Waals surface area contributed by atoms with Crippen LogP contribution in [0.3, 0.4) is 0 Å². The SMILES string of the molecule is O=C(NCCC1CCOC1)Nc1c(F)cccc1C(=O)O. The van der Waals surface area contributed by atoms with Gasteiger partial charge in [0.15, 0.2) is 0 Å². The van der Waals surface area contributed by atoms with Crippen LogP contribution in [0.25, 0.3) is 0 Å². The zero-order valence-electron chi connectivity index (χ0n) is 11.4. The van der Waals surface area contributed by atoms with Crippen LogP contribution in [0.15, 0.2) is 18.2 Å². The summed E-state index contributed by atoms with van der Waals surface area (Å²) in [5.74, 6) is -1.66. The Bertz CT molecular complexity index is 530. The van der Waals surface area contributed by atoms with E-state index in [2.05, 4.69) is 10.6 Å². The van der Waals surface area contributed by atoms with Gasteiger partial charge in [-0.1, -0.05) is 6.07 Å². The van der Waals surface area contributed by atoms with Crippen molar-refractivity contribution in [1.82, 2.24) is 5.32 Å². The number of carbonyl (C=O) groups excluding carboxylic acids is 1. The van der Waals surface area contributed by atoms with Crippen molar-refractivity contribution in [2.75, 3.05) is 25.1 Å². The molecule has 1 saturated heterocycles. The second-order valence-corrected chi connectivity index (χ2v) is 4.87. The first kappa shape index (κ1) is 15.2. The third-order valence-corrected chi connectivity index (χ3v) is 3.34. The number of carboxylic acids is 1. The molecule has 1 atom stereocenters. The number of anilines is 1. The first-order valence-corrected chi connectivity index (χ1v) is 6.72. The van der Waals surface area contributed by atoms with Gasteiger partial charge >= 0.3 is 12.0 Å². The summed E-state index contributed by atoms with van der Waals surface area (Å²) in [5, 5.41) is 13.8. The summed E-state index contributed by atoms with van der Waals surface area (Å²) in [7, 11) is 0. The average Bonchev–Trinajstić information content (AvgIpc) is 2.94. The zero-order valence-corrected chi connectivity index (χ0v) is 11.4. The van der Waals surface area contributed by atoms with Gasteiger partial charge in [-0.15, -0.1) is 0 Å². The highest BCUT2D eigenvalue weighted by molar-refractivity contribution is 6.00. The van der Waals surface area contributed by atoms with E-state index in [1.54, 1.807) is 0 Å². The zero-order chi connectivity index (χ0) is 15.2. The van der Waals surface area contributed by atoms with E-state index in [1.807, 2.05) is 0 Å². The van der Waals surface area contributed by atoms with Crippen LogP contribution in [0.1, 0.15) is 23.2 Å². The Morgan fingerprint density at radius 1 is 1.43 bits per heavy atom. The molecule has 114 valence electrons. The maximum Gasteiger partial charge on any atom is 0.337 e. The van der Waals surface area contributed by atoms with E-state index in [0.717, 1.165) is 25.5 Å². The Kier molecular flexibility index (Phi) is 5.10. The van der Waals surface area contributed by atoms with E-state index in [4.69, 9.17) is 9.84 Å². The van der Waals surface area contributed by atoms with Crippen molar-refractivity contribution >= 4 is 17.7 Å². The van der Waals surface area contributed by atoms with Gasteiger partial charge in [0.1, 0.15) is 5.82 Å². The molecule has 1 unspecified atom stereocenters. The molecule has 1 aliphatic rings. The number of amides is 2. The van der Waals surface area contributed by atoms with Crippen LogP contribution in [0.5, 0.6) is 0 Å². The van der Waals surface area contributed by atoms with Crippen LogP contribution in [0.4, 0.5) is 14.9 Å². The number of benzene rings is 1. The Morgan fingerprint density at radius 2 is 2.24 bits per heavy atom. The van der Waals surface area contributed by atoms with Crippen molar-refractivity contribution in [3.8, 4) is 0 Å². The summed E-state index contributed by atoms with van der Waals surface area (Å²) in [4.78, 5) is 22.7. The minimum Gasteiger partial charge on any atom is -0.478 e. The summed E-state index contributed by atoms with van der Waals surface area (Å²) in [6, 6.07) is 2.98. The maximum atomic E-state index is 13.6. The molecule has 0 saturated carbocycles. The lowest BCUT2D eigenvalue weighted by atomic mass is 10.1. The Hall–Kier alpha value is -2.15. The van der Waals surface area contributed by atoms with E-state index in [-0.39, 0.29) is 11.3 Å². The number of carboxylic acid groups (broad SMARTS) is 1. The van der Waals surface area contributed by atoms with Crippen LogP contribution in [0.2, 0.25) is 0 Å². The fraction of sp³-hybridized carbons (Fsp3) is 0.429. The molecule has 1 aromatic carbocycles. The molecule has 0 aliphatic carbocycles. The third-order valence-electron chi connectivity index (χ3n) is 3.34. The molecule has 1 aliphatic heterocycles. The number of halogens is 1. The molecule has 0 radical (unpaired) electrons. The minimum atomic E-state index is -1.30. The van der Waals surface area contributed by atoms with Gasteiger partial charge in [-0.3, -0.25) is 0 Å². The highest BCUT2D eigenvalue weighted by Gasteiger charge is 2.18. The van der Waals surface area contributed by atoms with Crippen molar-refractivity contribution in [3.05, 3.63) is 29.6 Å². The molecule has 2 amide bonds. The maximum absolute atomic E-state index is 13.6. The quantitative estimate of drug-likeness (QED) is 0.776. The molecule has 0 spiro atoms. The molecule has 0 aromatic heterocycles. The second kappa shape index (κ2) is 7.03. The summed E-state index contributed by atoms with van der Waals surface area (Å²) < 4.78 is 18.8. The first-order chi connectivity index (χ1) is 10.1. The molecule has 1 fully saturated rings. The predicted octanol–water partition coefficient (Wildman–Crippen LogP) is 2.07. The lowest BCUT2D eigenvalue weighted by molar-refractivity contribution is 0.0697. The summed E-state index contributed by atoms with van der Waals surface area (Å²) >= 11 is 0. The number of nitrogens with one attached hydrogen (secondary N) is 2. The smallest absolute Gasteiger partial charge is 0.337 e. The van der Waals surface area contributed by atoms with Gasteiger partial charge in [0.2, 0.25) is 0 Å². The van der Waals surface area contributed by atoms with Crippen LogP contribution in [0, 0.1) is 11.7 Å². The molecule has 3 N–H and O–H groups in total. The van der Waals surface area contributed by atoms with Gasteiger partial charge in [0, 0.05) is 19.8 Å². The number of ether oxygens (including phenoxy) is 1. The molecule has 2 rings (SSSR count). The van der Waals surface area contributed by atoms with Crippen molar-refractivity contribution in [2.45, 2.75) is 12.8 Å². The van der Waals surface area contributed by atoms with Gasteiger partial charge in [0.05, 0.1) is 11.3 Å². The highest BCUT2D eigenvalue weighted by atomic mass is 19.1. The van der Waals surface area contributed by atoms with Crippen molar-refractivity contribution < 1.29 is 23.8 Å². The van der Waals surface area contributed by atoms with E-state index >= 15 is 0 Å². The number of aromatic carboxylic acids is 1. The third kappa shape index (κ3) is 4.16. The average molecular weight is 296 g/mol. The van der Waals surface area contributed by atoms with Crippen LogP contribution < -0.4 is 10.6 Å². The largest absolute Gasteiger partial charge is 0.478 e. The Balaban J connectivity index is 1.88. The van der Waals surface area contributed by atoms with Crippen LogP contribution in [-0.4, -0.2) is 36.9 Å². The number of urea groups is 1. The monoisotopic (exact) mass is 296 g/mol. The summed E-state index contributed by atoms with van der Waals surface area (Å²) in [5.41, 5.74) is -0.610. The molecule has 6 nitrogen and oxygen atoms in total. The Labute approximate surface area is 121 Å².